The van der Waals surface area contributed by atoms with E-state index in [2.05, 4.69) is 33.8 Å². The highest BCUT2D eigenvalue weighted by molar-refractivity contribution is 5.89. The molecule has 0 bridgehead atoms. The maximum absolute atomic E-state index is 4.38. The van der Waals surface area contributed by atoms with Gasteiger partial charge in [0.05, 0.1) is 5.52 Å². The fraction of sp³-hybridized carbons (Fsp3) is 0.0588. The average molecular weight is 247 g/mol. The molecule has 2 aromatic heterocycles. The summed E-state index contributed by atoms with van der Waals surface area (Å²) < 4.78 is 2.10. The Morgan fingerprint density at radius 2 is 1.79 bits per heavy atom. The summed E-state index contributed by atoms with van der Waals surface area (Å²) in [6.45, 7) is 0. The number of pyridine rings is 2. The summed E-state index contributed by atoms with van der Waals surface area (Å²) in [5.41, 5.74) is 3.39. The first-order valence-electron chi connectivity index (χ1n) is 6.31. The number of nitrogens with zero attached hydrogens (tertiary/aromatic N) is 2. The van der Waals surface area contributed by atoms with Gasteiger partial charge in [-0.25, -0.2) is 4.57 Å². The summed E-state index contributed by atoms with van der Waals surface area (Å²) >= 11 is 0. The molecule has 0 saturated heterocycles. The maximum atomic E-state index is 4.38. The van der Waals surface area contributed by atoms with Crippen molar-refractivity contribution in [1.82, 2.24) is 4.98 Å². The van der Waals surface area contributed by atoms with Crippen molar-refractivity contribution in [3.05, 3.63) is 72.2 Å². The summed E-state index contributed by atoms with van der Waals surface area (Å²) in [6.07, 6.45) is 8.17. The second-order valence-electron chi connectivity index (χ2n) is 4.49. The van der Waals surface area contributed by atoms with Gasteiger partial charge in [-0.2, -0.15) is 0 Å². The molecule has 92 valence electrons. The minimum Gasteiger partial charge on any atom is -0.256 e. The van der Waals surface area contributed by atoms with Crippen molar-refractivity contribution in [2.45, 2.75) is 0 Å². The molecular formula is C17H15N2+. The van der Waals surface area contributed by atoms with Crippen LogP contribution in [0.3, 0.4) is 0 Å². The number of para-hydroxylation sites is 1. The lowest BCUT2D eigenvalue weighted by Gasteiger charge is -2.00. The summed E-state index contributed by atoms with van der Waals surface area (Å²) in [5.74, 6) is 0. The summed E-state index contributed by atoms with van der Waals surface area (Å²) in [6, 6.07) is 16.4. The van der Waals surface area contributed by atoms with Crippen LogP contribution >= 0.6 is 0 Å². The first kappa shape index (κ1) is 11.6. The minimum atomic E-state index is 1.03. The molecule has 0 unspecified atom stereocenters. The molecule has 3 rings (SSSR count). The molecule has 0 aliphatic heterocycles. The van der Waals surface area contributed by atoms with E-state index in [1.807, 2.05) is 55.8 Å². The molecule has 19 heavy (non-hydrogen) atoms. The van der Waals surface area contributed by atoms with E-state index in [0.717, 1.165) is 5.52 Å². The Balaban J connectivity index is 2.04. The van der Waals surface area contributed by atoms with Crippen LogP contribution in [0.15, 0.2) is 60.9 Å². The maximum Gasteiger partial charge on any atom is 0.204 e. The highest BCUT2D eigenvalue weighted by Crippen LogP contribution is 2.18. The fourth-order valence-electron chi connectivity index (χ4n) is 2.15. The molecule has 0 amide bonds. The Morgan fingerprint density at radius 3 is 2.68 bits per heavy atom. The normalized spacial score (nSPS) is 11.2. The van der Waals surface area contributed by atoms with Crippen LogP contribution in [0.1, 0.15) is 11.3 Å². The predicted octanol–water partition coefficient (Wildman–Crippen LogP) is 3.23. The van der Waals surface area contributed by atoms with Crippen LogP contribution in [0.5, 0.6) is 0 Å². The van der Waals surface area contributed by atoms with E-state index >= 15 is 0 Å². The van der Waals surface area contributed by atoms with Crippen LogP contribution in [0.4, 0.5) is 0 Å². The van der Waals surface area contributed by atoms with Crippen LogP contribution in [0.25, 0.3) is 23.1 Å². The molecule has 3 aromatic rings. The average Bonchev–Trinajstić information content (AvgIpc) is 2.46. The van der Waals surface area contributed by atoms with E-state index in [-0.39, 0.29) is 0 Å². The molecule has 0 aliphatic rings. The standard InChI is InChI=1S/C17H15N2/c1-19-13-5-4-6-15(19)10-9-14-11-12-18-17-8-3-2-7-16(14)17/h2-13H,1H3/q+1/b10-9-. The van der Waals surface area contributed by atoms with Gasteiger partial charge in [0.1, 0.15) is 7.05 Å². The second-order valence-corrected chi connectivity index (χ2v) is 4.49. The second kappa shape index (κ2) is 5.02. The van der Waals surface area contributed by atoms with E-state index in [1.165, 1.54) is 16.6 Å². The van der Waals surface area contributed by atoms with Gasteiger partial charge < -0.3 is 0 Å². The van der Waals surface area contributed by atoms with Crippen molar-refractivity contribution < 1.29 is 4.57 Å². The van der Waals surface area contributed by atoms with E-state index in [1.54, 1.807) is 0 Å². The molecule has 0 aliphatic carbocycles. The zero-order valence-corrected chi connectivity index (χ0v) is 10.8. The smallest absolute Gasteiger partial charge is 0.204 e. The topological polar surface area (TPSA) is 16.8 Å². The molecule has 0 spiro atoms. The number of hydrogen-bond acceptors (Lipinski definition) is 1. The summed E-state index contributed by atoms with van der Waals surface area (Å²) in [5, 5.41) is 1.18. The van der Waals surface area contributed by atoms with E-state index in [4.69, 9.17) is 0 Å². The predicted molar refractivity (Wildman–Crippen MR) is 78.3 cm³/mol. The van der Waals surface area contributed by atoms with Crippen LogP contribution < -0.4 is 4.57 Å². The molecule has 1 aromatic carbocycles. The van der Waals surface area contributed by atoms with Gasteiger partial charge in [0.2, 0.25) is 5.69 Å². The number of aromatic nitrogens is 2. The SMILES string of the molecule is C[n+]1ccccc1/C=C\c1ccnc2ccccc12. The Bertz CT molecular complexity index is 740. The van der Waals surface area contributed by atoms with Crippen LogP contribution in [-0.2, 0) is 7.05 Å². The van der Waals surface area contributed by atoms with Gasteiger partial charge in [-0.3, -0.25) is 4.98 Å². The molecule has 2 heteroatoms. The van der Waals surface area contributed by atoms with Crippen molar-refractivity contribution in [1.29, 1.82) is 0 Å². The molecule has 0 fully saturated rings. The zero-order valence-electron chi connectivity index (χ0n) is 10.8. The van der Waals surface area contributed by atoms with Gasteiger partial charge >= 0.3 is 0 Å². The number of benzene rings is 1. The van der Waals surface area contributed by atoms with Gasteiger partial charge in [-0.05, 0) is 29.8 Å². The Kier molecular flexibility index (Phi) is 3.07. The number of fused-ring (bicyclic) bond motifs is 1. The third-order valence-electron chi connectivity index (χ3n) is 3.21. The Labute approximate surface area is 112 Å². The zero-order chi connectivity index (χ0) is 13.1. The Hall–Kier alpha value is -2.48. The molecule has 0 radical (unpaired) electrons. The number of rotatable bonds is 2. The first-order valence-corrected chi connectivity index (χ1v) is 6.31. The van der Waals surface area contributed by atoms with Crippen molar-refractivity contribution in [2.75, 3.05) is 0 Å². The molecule has 0 atom stereocenters. The van der Waals surface area contributed by atoms with Gasteiger partial charge in [-0.15, -0.1) is 0 Å². The van der Waals surface area contributed by atoms with Crippen LogP contribution in [0.2, 0.25) is 0 Å². The minimum absolute atomic E-state index is 1.03. The lowest BCUT2D eigenvalue weighted by molar-refractivity contribution is -0.673. The van der Waals surface area contributed by atoms with Crippen LogP contribution in [-0.4, -0.2) is 4.98 Å². The van der Waals surface area contributed by atoms with Gasteiger partial charge in [0.15, 0.2) is 6.20 Å². The molecular weight excluding hydrogens is 232 g/mol. The lowest BCUT2D eigenvalue weighted by atomic mass is 10.1. The van der Waals surface area contributed by atoms with Crippen molar-refractivity contribution in [2.24, 2.45) is 7.05 Å². The Morgan fingerprint density at radius 1 is 0.947 bits per heavy atom. The third-order valence-corrected chi connectivity index (χ3v) is 3.21. The molecule has 2 nitrogen and oxygen atoms in total. The molecule has 0 N–H and O–H groups in total. The van der Waals surface area contributed by atoms with E-state index in [0.29, 0.717) is 0 Å². The van der Waals surface area contributed by atoms with E-state index in [9.17, 15) is 0 Å². The summed E-state index contributed by atoms with van der Waals surface area (Å²) in [7, 11) is 2.05. The fourth-order valence-corrected chi connectivity index (χ4v) is 2.15. The van der Waals surface area contributed by atoms with Crippen molar-refractivity contribution in [3.63, 3.8) is 0 Å². The lowest BCUT2D eigenvalue weighted by Crippen LogP contribution is -2.30. The molecule has 0 saturated carbocycles. The monoisotopic (exact) mass is 247 g/mol. The molecule has 2 heterocycles. The van der Waals surface area contributed by atoms with Crippen molar-refractivity contribution >= 4 is 23.1 Å². The third kappa shape index (κ3) is 2.38. The van der Waals surface area contributed by atoms with Crippen molar-refractivity contribution in [3.8, 4) is 0 Å². The van der Waals surface area contributed by atoms with E-state index < -0.39 is 0 Å². The summed E-state index contributed by atoms with van der Waals surface area (Å²) in [4.78, 5) is 4.38. The van der Waals surface area contributed by atoms with Crippen LogP contribution in [0, 0.1) is 0 Å². The number of aryl methyl sites for hydroxylation is 1. The number of hydrogen-bond donors (Lipinski definition) is 0. The van der Waals surface area contributed by atoms with Gasteiger partial charge in [0.25, 0.3) is 0 Å². The van der Waals surface area contributed by atoms with Gasteiger partial charge in [0, 0.05) is 29.8 Å². The largest absolute Gasteiger partial charge is 0.256 e. The van der Waals surface area contributed by atoms with Gasteiger partial charge in [-0.1, -0.05) is 18.2 Å². The first-order chi connectivity index (χ1) is 9.34. The quantitative estimate of drug-likeness (QED) is 0.635. The highest BCUT2D eigenvalue weighted by atomic mass is 14.9. The highest BCUT2D eigenvalue weighted by Gasteiger charge is 2.01.